The highest BCUT2D eigenvalue weighted by molar-refractivity contribution is 5.97. The van der Waals surface area contributed by atoms with Gasteiger partial charge in [-0.1, -0.05) is 32.0 Å². The molecule has 1 aromatic heterocycles. The van der Waals surface area contributed by atoms with Crippen LogP contribution in [0.15, 0.2) is 66.9 Å². The number of benzene rings is 2. The minimum absolute atomic E-state index is 0.149. The third kappa shape index (κ3) is 6.78. The highest BCUT2D eigenvalue weighted by Crippen LogP contribution is 2.30. The van der Waals surface area contributed by atoms with Crippen molar-refractivity contribution in [2.45, 2.75) is 33.4 Å². The number of pyridine rings is 1. The molecule has 0 aliphatic heterocycles. The molecule has 0 fully saturated rings. The topological polar surface area (TPSA) is 89.5 Å². The minimum Gasteiger partial charge on any atom is -0.490 e. The van der Waals surface area contributed by atoms with Crippen molar-refractivity contribution in [2.24, 2.45) is 5.92 Å². The second kappa shape index (κ2) is 11.8. The van der Waals surface area contributed by atoms with E-state index in [0.29, 0.717) is 24.0 Å². The molecule has 0 spiro atoms. The molecule has 1 unspecified atom stereocenters. The van der Waals surface area contributed by atoms with Crippen molar-refractivity contribution in [3.05, 3.63) is 83.8 Å². The number of aromatic nitrogens is 1. The molecular weight excluding hydrogens is 437 g/mol. The fourth-order valence-electron chi connectivity index (χ4n) is 3.16. The summed E-state index contributed by atoms with van der Waals surface area (Å²) >= 11 is 0. The number of nitrogens with zero attached hydrogens (tertiary/aromatic N) is 1. The molecule has 0 saturated heterocycles. The lowest BCUT2D eigenvalue weighted by atomic mass is 10.0. The Kier molecular flexibility index (Phi) is 8.56. The molecule has 3 aromatic rings. The number of carbonyl (C=O) groups is 2. The van der Waals surface area contributed by atoms with E-state index in [9.17, 15) is 14.0 Å². The Morgan fingerprint density at radius 1 is 1.00 bits per heavy atom. The molecule has 0 bridgehead atoms. The summed E-state index contributed by atoms with van der Waals surface area (Å²) in [6.07, 6.45) is 1.61. The van der Waals surface area contributed by atoms with Gasteiger partial charge in [0.2, 0.25) is 11.8 Å². The van der Waals surface area contributed by atoms with Crippen LogP contribution < -0.4 is 20.1 Å². The van der Waals surface area contributed by atoms with Crippen molar-refractivity contribution in [2.75, 3.05) is 6.61 Å². The van der Waals surface area contributed by atoms with Gasteiger partial charge >= 0.3 is 0 Å². The maximum Gasteiger partial charge on any atom is 0.251 e. The van der Waals surface area contributed by atoms with E-state index >= 15 is 0 Å². The van der Waals surface area contributed by atoms with Crippen molar-refractivity contribution in [1.29, 1.82) is 0 Å². The summed E-state index contributed by atoms with van der Waals surface area (Å²) in [4.78, 5) is 29.5. The molecule has 2 amide bonds. The van der Waals surface area contributed by atoms with Crippen LogP contribution in [0.25, 0.3) is 0 Å². The first-order valence-corrected chi connectivity index (χ1v) is 11.1. The summed E-state index contributed by atoms with van der Waals surface area (Å²) in [5.74, 6) is 0.247. The molecule has 2 N–H and O–H groups in total. The monoisotopic (exact) mass is 465 g/mol. The summed E-state index contributed by atoms with van der Waals surface area (Å²) < 4.78 is 24.5. The van der Waals surface area contributed by atoms with E-state index in [0.717, 1.165) is 5.56 Å². The molecule has 1 atom stereocenters. The first-order chi connectivity index (χ1) is 16.4. The number of para-hydroxylation sites is 2. The van der Waals surface area contributed by atoms with Gasteiger partial charge in [-0.15, -0.1) is 0 Å². The maximum atomic E-state index is 13.1. The van der Waals surface area contributed by atoms with Gasteiger partial charge in [0, 0.05) is 24.4 Å². The molecular formula is C26H28FN3O4. The van der Waals surface area contributed by atoms with E-state index in [2.05, 4.69) is 15.6 Å². The van der Waals surface area contributed by atoms with Gasteiger partial charge in [-0.3, -0.25) is 9.59 Å². The average Bonchev–Trinajstić information content (AvgIpc) is 2.83. The second-order valence-corrected chi connectivity index (χ2v) is 7.91. The molecule has 0 aliphatic rings. The number of amides is 2. The van der Waals surface area contributed by atoms with Crippen molar-refractivity contribution in [1.82, 2.24) is 15.6 Å². The van der Waals surface area contributed by atoms with Crippen molar-refractivity contribution in [3.8, 4) is 17.4 Å². The van der Waals surface area contributed by atoms with Crippen LogP contribution in [0.5, 0.6) is 17.4 Å². The molecule has 0 aliphatic carbocycles. The highest BCUT2D eigenvalue weighted by atomic mass is 19.1. The Balaban J connectivity index is 1.57. The van der Waals surface area contributed by atoms with Gasteiger partial charge in [0.1, 0.15) is 11.9 Å². The van der Waals surface area contributed by atoms with Crippen molar-refractivity contribution >= 4 is 11.8 Å². The Hall–Kier alpha value is -3.94. The number of rotatable bonds is 10. The number of ether oxygens (including phenoxy) is 2. The number of carbonyl (C=O) groups excluding carboxylic acids is 2. The number of halogens is 1. The van der Waals surface area contributed by atoms with Gasteiger partial charge < -0.3 is 20.1 Å². The minimum atomic E-state index is -0.747. The summed E-state index contributed by atoms with van der Waals surface area (Å²) in [6.45, 7) is 6.33. The standard InChI is InChI=1S/C26H28FN3O4/c1-4-33-21-7-5-6-8-22(21)34-23-14-9-18(15-28-23)16-29-26(32)24(17(2)3)30-25(31)19-10-12-20(27)13-11-19/h5-15,17,24H,4,16H2,1-3H3,(H,29,32)(H,30,31). The molecule has 7 nitrogen and oxygen atoms in total. The average molecular weight is 466 g/mol. The van der Waals surface area contributed by atoms with Gasteiger partial charge in [-0.05, 0) is 54.8 Å². The molecule has 0 saturated carbocycles. The zero-order valence-corrected chi connectivity index (χ0v) is 19.4. The molecule has 1 heterocycles. The Morgan fingerprint density at radius 2 is 1.71 bits per heavy atom. The van der Waals surface area contributed by atoms with Crippen molar-refractivity contribution < 1.29 is 23.5 Å². The van der Waals surface area contributed by atoms with Crippen LogP contribution in [0, 0.1) is 11.7 Å². The Morgan fingerprint density at radius 3 is 2.32 bits per heavy atom. The zero-order valence-electron chi connectivity index (χ0n) is 19.4. The third-order valence-corrected chi connectivity index (χ3v) is 4.97. The second-order valence-electron chi connectivity index (χ2n) is 7.91. The lowest BCUT2D eigenvalue weighted by molar-refractivity contribution is -0.124. The van der Waals surface area contributed by atoms with Crippen LogP contribution in [0.3, 0.4) is 0 Å². The summed E-state index contributed by atoms with van der Waals surface area (Å²) in [7, 11) is 0. The summed E-state index contributed by atoms with van der Waals surface area (Å²) in [5.41, 5.74) is 1.05. The molecule has 8 heteroatoms. The Bertz CT molecular complexity index is 1100. The van der Waals surface area contributed by atoms with Gasteiger partial charge in [0.15, 0.2) is 11.5 Å². The summed E-state index contributed by atoms with van der Waals surface area (Å²) in [6, 6.07) is 15.3. The molecule has 178 valence electrons. The highest BCUT2D eigenvalue weighted by Gasteiger charge is 2.24. The normalized spacial score (nSPS) is 11.6. The number of nitrogens with one attached hydrogen (secondary N) is 2. The molecule has 0 radical (unpaired) electrons. The van der Waals surface area contributed by atoms with Crippen LogP contribution in [-0.4, -0.2) is 29.4 Å². The van der Waals surface area contributed by atoms with Crippen LogP contribution in [0.2, 0.25) is 0 Å². The van der Waals surface area contributed by atoms with E-state index in [4.69, 9.17) is 9.47 Å². The SMILES string of the molecule is CCOc1ccccc1Oc1ccc(CNC(=O)C(NC(=O)c2ccc(F)cc2)C(C)C)cn1. The lowest BCUT2D eigenvalue weighted by Gasteiger charge is -2.22. The van der Waals surface area contributed by atoms with E-state index in [1.807, 2.05) is 39.0 Å². The quantitative estimate of drug-likeness (QED) is 0.461. The molecule has 2 aromatic carbocycles. The van der Waals surface area contributed by atoms with Crippen molar-refractivity contribution in [3.63, 3.8) is 0 Å². The van der Waals surface area contributed by atoms with Crippen LogP contribution in [-0.2, 0) is 11.3 Å². The van der Waals surface area contributed by atoms with Gasteiger partial charge in [-0.2, -0.15) is 0 Å². The Labute approximate surface area is 198 Å². The first-order valence-electron chi connectivity index (χ1n) is 11.1. The van der Waals surface area contributed by atoms with Crippen LogP contribution in [0.1, 0.15) is 36.7 Å². The molecule has 34 heavy (non-hydrogen) atoms. The van der Waals surface area contributed by atoms with E-state index in [-0.39, 0.29) is 23.9 Å². The largest absolute Gasteiger partial charge is 0.490 e. The summed E-state index contributed by atoms with van der Waals surface area (Å²) in [5, 5.41) is 5.55. The van der Waals surface area contributed by atoms with E-state index < -0.39 is 17.8 Å². The lowest BCUT2D eigenvalue weighted by Crippen LogP contribution is -2.49. The fourth-order valence-corrected chi connectivity index (χ4v) is 3.16. The maximum absolute atomic E-state index is 13.1. The number of hydrogen-bond donors (Lipinski definition) is 2. The molecule has 3 rings (SSSR count). The third-order valence-electron chi connectivity index (χ3n) is 4.97. The van der Waals surface area contributed by atoms with E-state index in [1.165, 1.54) is 24.3 Å². The smallest absolute Gasteiger partial charge is 0.251 e. The van der Waals surface area contributed by atoms with Gasteiger partial charge in [-0.25, -0.2) is 9.37 Å². The van der Waals surface area contributed by atoms with Crippen LogP contribution in [0.4, 0.5) is 4.39 Å². The predicted octanol–water partition coefficient (Wildman–Crippen LogP) is 4.48. The van der Waals surface area contributed by atoms with E-state index in [1.54, 1.807) is 24.4 Å². The van der Waals surface area contributed by atoms with Crippen LogP contribution >= 0.6 is 0 Å². The van der Waals surface area contributed by atoms with Gasteiger partial charge in [0.25, 0.3) is 5.91 Å². The predicted molar refractivity (Wildman–Crippen MR) is 126 cm³/mol. The number of hydrogen-bond acceptors (Lipinski definition) is 5. The first kappa shape index (κ1) is 24.7. The van der Waals surface area contributed by atoms with Gasteiger partial charge in [0.05, 0.1) is 6.61 Å². The fraction of sp³-hybridized carbons (Fsp3) is 0.269. The zero-order chi connectivity index (χ0) is 24.5.